The van der Waals surface area contributed by atoms with Crippen molar-refractivity contribution in [2.24, 2.45) is 5.73 Å². The van der Waals surface area contributed by atoms with Crippen LogP contribution < -0.4 is 11.1 Å². The van der Waals surface area contributed by atoms with Crippen LogP contribution in [0.5, 0.6) is 0 Å². The molecule has 2 aromatic rings. The minimum Gasteiger partial charge on any atom is -0.365 e. The van der Waals surface area contributed by atoms with Crippen LogP contribution in [-0.4, -0.2) is 54.8 Å². The molecule has 7 heteroatoms. The highest BCUT2D eigenvalue weighted by Gasteiger charge is 2.29. The summed E-state index contributed by atoms with van der Waals surface area (Å²) in [5.41, 5.74) is 8.45. The number of amides is 2. The van der Waals surface area contributed by atoms with Crippen molar-refractivity contribution < 1.29 is 9.59 Å². The van der Waals surface area contributed by atoms with Gasteiger partial charge in [-0.15, -0.1) is 11.3 Å². The first-order valence-electron chi connectivity index (χ1n) is 10.2. The molecule has 3 N–H and O–H groups in total. The predicted molar refractivity (Wildman–Crippen MR) is 116 cm³/mol. The Balaban J connectivity index is 1.50. The number of rotatable bonds is 5. The minimum absolute atomic E-state index is 0.0865. The van der Waals surface area contributed by atoms with Crippen LogP contribution in [0.2, 0.25) is 0 Å². The van der Waals surface area contributed by atoms with Gasteiger partial charge in [0.1, 0.15) is 5.00 Å². The lowest BCUT2D eigenvalue weighted by molar-refractivity contribution is -0.118. The summed E-state index contributed by atoms with van der Waals surface area (Å²) < 4.78 is 0. The lowest BCUT2D eigenvalue weighted by Gasteiger charge is -2.39. The van der Waals surface area contributed by atoms with E-state index in [1.807, 2.05) is 18.2 Å². The van der Waals surface area contributed by atoms with Crippen molar-refractivity contribution in [3.63, 3.8) is 0 Å². The third-order valence-corrected chi connectivity index (χ3v) is 7.10. The maximum atomic E-state index is 12.9. The third kappa shape index (κ3) is 4.37. The summed E-state index contributed by atoms with van der Waals surface area (Å²) in [4.78, 5) is 30.7. The zero-order chi connectivity index (χ0) is 20.4. The fourth-order valence-electron chi connectivity index (χ4n) is 4.40. The molecule has 1 fully saturated rings. The summed E-state index contributed by atoms with van der Waals surface area (Å²) in [7, 11) is 2.11. The van der Waals surface area contributed by atoms with Gasteiger partial charge in [-0.25, -0.2) is 0 Å². The van der Waals surface area contributed by atoms with Crippen LogP contribution in [0.25, 0.3) is 0 Å². The molecule has 1 aromatic carbocycles. The fraction of sp³-hybridized carbons (Fsp3) is 0.455. The molecule has 2 heterocycles. The maximum absolute atomic E-state index is 12.9. The quantitative estimate of drug-likeness (QED) is 0.791. The number of primary amides is 1. The largest absolute Gasteiger partial charge is 0.365 e. The number of benzene rings is 1. The summed E-state index contributed by atoms with van der Waals surface area (Å²) in [6.45, 7) is 2.94. The van der Waals surface area contributed by atoms with Gasteiger partial charge in [0.15, 0.2) is 0 Å². The number of hydrogen-bond donors (Lipinski definition) is 2. The molecule has 1 saturated heterocycles. The summed E-state index contributed by atoms with van der Waals surface area (Å²) >= 11 is 1.52. The first-order valence-corrected chi connectivity index (χ1v) is 11.1. The van der Waals surface area contributed by atoms with E-state index in [4.69, 9.17) is 5.73 Å². The number of carbonyl (C=O) groups excluding carboxylic acids is 2. The average molecular weight is 413 g/mol. The number of carbonyl (C=O) groups is 2. The molecule has 1 aliphatic carbocycles. The molecular weight excluding hydrogens is 384 g/mol. The summed E-state index contributed by atoms with van der Waals surface area (Å²) in [6.07, 6.45) is 4.02. The number of piperazine rings is 1. The number of hydrogen-bond acceptors (Lipinski definition) is 5. The van der Waals surface area contributed by atoms with Crippen LogP contribution in [0.1, 0.15) is 45.2 Å². The lowest BCUT2D eigenvalue weighted by atomic mass is 9.95. The van der Waals surface area contributed by atoms with Gasteiger partial charge in [-0.3, -0.25) is 14.5 Å². The van der Waals surface area contributed by atoms with Crippen LogP contribution in [0.4, 0.5) is 5.00 Å². The van der Waals surface area contributed by atoms with Gasteiger partial charge in [0.25, 0.3) is 5.91 Å². The molecule has 154 valence electrons. The Kier molecular flexibility index (Phi) is 5.99. The van der Waals surface area contributed by atoms with Gasteiger partial charge in [-0.1, -0.05) is 30.3 Å². The van der Waals surface area contributed by atoms with Gasteiger partial charge in [0.05, 0.1) is 12.1 Å². The second-order valence-electron chi connectivity index (χ2n) is 7.99. The zero-order valence-corrected chi connectivity index (χ0v) is 17.6. The third-order valence-electron chi connectivity index (χ3n) is 5.90. The van der Waals surface area contributed by atoms with Gasteiger partial charge < -0.3 is 16.0 Å². The van der Waals surface area contributed by atoms with Crippen molar-refractivity contribution >= 4 is 28.2 Å². The number of thiophene rings is 1. The average Bonchev–Trinajstić information content (AvgIpc) is 3.07. The molecule has 6 nitrogen and oxygen atoms in total. The zero-order valence-electron chi connectivity index (χ0n) is 16.8. The predicted octanol–water partition coefficient (Wildman–Crippen LogP) is 2.65. The van der Waals surface area contributed by atoms with E-state index in [9.17, 15) is 9.59 Å². The van der Waals surface area contributed by atoms with Crippen molar-refractivity contribution in [3.8, 4) is 0 Å². The van der Waals surface area contributed by atoms with Gasteiger partial charge in [-0.2, -0.15) is 0 Å². The molecule has 1 atom stereocenters. The molecule has 2 amide bonds. The molecule has 2 aliphatic rings. The molecule has 1 aromatic heterocycles. The standard InChI is InChI=1S/C22H28N4O2S/c1-25-11-12-26(17(13-25)15-7-3-2-4-8-15)14-19(27)24-22-20(21(23)28)16-9-5-6-10-18(16)29-22/h2-4,7-8,17H,5-6,9-14H2,1H3,(H2,23,28)(H,24,27). The Morgan fingerprint density at radius 3 is 2.69 bits per heavy atom. The highest BCUT2D eigenvalue weighted by molar-refractivity contribution is 7.17. The molecule has 0 radical (unpaired) electrons. The number of nitrogens with zero attached hydrogens (tertiary/aromatic N) is 2. The van der Waals surface area contributed by atoms with E-state index in [2.05, 4.69) is 34.3 Å². The van der Waals surface area contributed by atoms with Crippen LogP contribution in [0.3, 0.4) is 0 Å². The van der Waals surface area contributed by atoms with Gasteiger partial charge in [-0.05, 0) is 43.9 Å². The Bertz CT molecular complexity index is 896. The Hall–Kier alpha value is -2.22. The fourth-order valence-corrected chi connectivity index (χ4v) is 5.71. The SMILES string of the molecule is CN1CCN(CC(=O)Nc2sc3c(c2C(N)=O)CCCC3)C(c2ccccc2)C1. The highest BCUT2D eigenvalue weighted by Crippen LogP contribution is 2.38. The molecule has 29 heavy (non-hydrogen) atoms. The monoisotopic (exact) mass is 412 g/mol. The second-order valence-corrected chi connectivity index (χ2v) is 9.09. The second kappa shape index (κ2) is 8.65. The number of aryl methyl sites for hydroxylation is 1. The van der Waals surface area contributed by atoms with Gasteiger partial charge >= 0.3 is 0 Å². The molecule has 1 aliphatic heterocycles. The van der Waals surface area contributed by atoms with E-state index in [1.54, 1.807) is 0 Å². The van der Waals surface area contributed by atoms with Crippen molar-refractivity contribution in [2.75, 3.05) is 38.5 Å². The Morgan fingerprint density at radius 1 is 1.17 bits per heavy atom. The maximum Gasteiger partial charge on any atom is 0.251 e. The van der Waals surface area contributed by atoms with E-state index in [-0.39, 0.29) is 11.9 Å². The van der Waals surface area contributed by atoms with Crippen LogP contribution in [0, 0.1) is 0 Å². The number of fused-ring (bicyclic) bond motifs is 1. The van der Waals surface area contributed by atoms with E-state index in [0.717, 1.165) is 50.9 Å². The van der Waals surface area contributed by atoms with E-state index in [1.165, 1.54) is 21.8 Å². The number of likely N-dealkylation sites (N-methyl/N-ethyl adjacent to an activating group) is 1. The smallest absolute Gasteiger partial charge is 0.251 e. The number of nitrogens with one attached hydrogen (secondary N) is 1. The van der Waals surface area contributed by atoms with Gasteiger partial charge in [0, 0.05) is 30.6 Å². The van der Waals surface area contributed by atoms with Crippen LogP contribution >= 0.6 is 11.3 Å². The van der Waals surface area contributed by atoms with Crippen molar-refractivity contribution in [3.05, 3.63) is 51.9 Å². The molecule has 0 saturated carbocycles. The van der Waals surface area contributed by atoms with Crippen LogP contribution in [-0.2, 0) is 17.6 Å². The van der Waals surface area contributed by atoms with Crippen molar-refractivity contribution in [2.45, 2.75) is 31.7 Å². The molecular formula is C22H28N4O2S. The number of anilines is 1. The minimum atomic E-state index is -0.443. The Morgan fingerprint density at radius 2 is 1.93 bits per heavy atom. The van der Waals surface area contributed by atoms with Crippen molar-refractivity contribution in [1.82, 2.24) is 9.80 Å². The normalized spacial score (nSPS) is 20.2. The van der Waals surface area contributed by atoms with Crippen molar-refractivity contribution in [1.29, 1.82) is 0 Å². The molecule has 1 unspecified atom stereocenters. The first-order chi connectivity index (χ1) is 14.0. The van der Waals surface area contributed by atoms with Gasteiger partial charge in [0.2, 0.25) is 5.91 Å². The van der Waals surface area contributed by atoms with E-state index < -0.39 is 5.91 Å². The summed E-state index contributed by atoms with van der Waals surface area (Å²) in [5, 5.41) is 3.63. The highest BCUT2D eigenvalue weighted by atomic mass is 32.1. The lowest BCUT2D eigenvalue weighted by Crippen LogP contribution is -2.49. The first kappa shape index (κ1) is 20.1. The number of nitrogens with two attached hydrogens (primary N) is 1. The van der Waals surface area contributed by atoms with Crippen LogP contribution in [0.15, 0.2) is 30.3 Å². The van der Waals surface area contributed by atoms with E-state index >= 15 is 0 Å². The summed E-state index contributed by atoms with van der Waals surface area (Å²) in [6, 6.07) is 10.5. The molecule has 0 spiro atoms. The Labute approximate surface area is 175 Å². The summed E-state index contributed by atoms with van der Waals surface area (Å²) in [5.74, 6) is -0.530. The van der Waals surface area contributed by atoms with E-state index in [0.29, 0.717) is 17.1 Å². The molecule has 4 rings (SSSR count). The molecule has 0 bridgehead atoms. The topological polar surface area (TPSA) is 78.7 Å².